The molecule has 0 spiro atoms. The second-order valence-corrected chi connectivity index (χ2v) is 35.7. The van der Waals surface area contributed by atoms with Gasteiger partial charge in [0.1, 0.15) is 66.9 Å². The fourth-order valence-electron chi connectivity index (χ4n) is 20.5. The maximum atomic E-state index is 6.23. The van der Waals surface area contributed by atoms with Crippen LogP contribution in [-0.4, -0.2) is 49.8 Å². The predicted octanol–water partition coefficient (Wildman–Crippen LogP) is 34.3. The summed E-state index contributed by atoms with van der Waals surface area (Å²) >= 11 is 0. The van der Waals surface area contributed by atoms with E-state index in [9.17, 15) is 0 Å². The van der Waals surface area contributed by atoms with E-state index in [1.165, 1.54) is 16.5 Å². The molecule has 15 nitrogen and oxygen atoms in total. The molecule has 0 N–H and O–H groups in total. The first-order valence-electron chi connectivity index (χ1n) is 48.1. The van der Waals surface area contributed by atoms with Crippen LogP contribution in [0.25, 0.3) is 288 Å². The summed E-state index contributed by atoms with van der Waals surface area (Å²) in [7, 11) is 0. The molecule has 678 valence electrons. The lowest BCUT2D eigenvalue weighted by atomic mass is 9.92. The smallest absolute Gasteiger partial charge is 0.178 e. The Morgan fingerprint density at radius 2 is 0.393 bits per heavy atom. The molecule has 0 saturated heterocycles. The van der Waals surface area contributed by atoms with Gasteiger partial charge in [0.15, 0.2) is 5.65 Å². The number of fused-ring (bicyclic) bond motifs is 20. The molecule has 0 bridgehead atoms. The molecular weight excluding hydrogens is 1780 g/mol. The molecule has 30 aromatic rings. The van der Waals surface area contributed by atoms with Crippen molar-refractivity contribution in [1.82, 2.24) is 49.8 Å². The summed E-state index contributed by atoms with van der Waals surface area (Å²) in [6, 6.07) is 155. The highest BCUT2D eigenvalue weighted by atomic mass is 16.3. The lowest BCUT2D eigenvalue weighted by Crippen LogP contribution is -1.97. The SMILES string of the molecule is c1ccc(-c2ccc(-c3nc4ccccc4nc3-c3cccc4oc5ccccc5c34)c3ccccc23)cc1.c1ccc(-c2nc3cnccc3nc2-c2ccc(-c3cccc4oc5ccccc5c34)cc2)cc1.c1ccc(-c2nc3ncccc3nc2-c2ccc(-c3cccc4oc5ccccc5c34)cc2)cc1.c1ccc2nc(-c3cccc4oc5ccccc5c34)c(-c3cccc4oc5ccccc5c34)nc2c1. The van der Waals surface area contributed by atoms with Crippen molar-refractivity contribution < 1.29 is 22.1 Å². The minimum absolute atomic E-state index is 0.644. The van der Waals surface area contributed by atoms with Crippen molar-refractivity contribution in [3.05, 3.63) is 474 Å². The van der Waals surface area contributed by atoms with Gasteiger partial charge in [-0.1, -0.05) is 352 Å². The van der Waals surface area contributed by atoms with E-state index >= 15 is 0 Å². The zero-order valence-electron chi connectivity index (χ0n) is 77.5. The highest BCUT2D eigenvalue weighted by molar-refractivity contribution is 6.20. The van der Waals surface area contributed by atoms with E-state index in [4.69, 9.17) is 62.0 Å². The Hall–Kier alpha value is -19.9. The number of hydrogen-bond acceptors (Lipinski definition) is 15. The molecule has 0 fully saturated rings. The van der Waals surface area contributed by atoms with Crippen molar-refractivity contribution in [2.75, 3.05) is 0 Å². The summed E-state index contributed by atoms with van der Waals surface area (Å²) in [5.74, 6) is 0. The topological polar surface area (TPSA) is 195 Å². The predicted molar refractivity (Wildman–Crippen MR) is 587 cm³/mol. The van der Waals surface area contributed by atoms with E-state index in [0.717, 1.165) is 266 Å². The monoisotopic (exact) mass is 1860 g/mol. The fourth-order valence-corrected chi connectivity index (χ4v) is 20.5. The van der Waals surface area contributed by atoms with Crippen molar-refractivity contribution in [1.29, 1.82) is 0 Å². The number of rotatable bonds is 11. The van der Waals surface area contributed by atoms with Crippen LogP contribution in [0, 0.1) is 0 Å². The van der Waals surface area contributed by atoms with Crippen LogP contribution in [-0.2, 0) is 0 Å². The zero-order valence-corrected chi connectivity index (χ0v) is 77.5. The largest absolute Gasteiger partial charge is 0.456 e. The van der Waals surface area contributed by atoms with Crippen molar-refractivity contribution in [2.24, 2.45) is 0 Å². The number of aromatic nitrogens is 10. The molecule has 0 amide bonds. The molecule has 145 heavy (non-hydrogen) atoms. The third-order valence-electron chi connectivity index (χ3n) is 27.1. The van der Waals surface area contributed by atoms with Crippen molar-refractivity contribution >= 4 is 165 Å². The maximum absolute atomic E-state index is 6.23. The molecule has 0 aliphatic heterocycles. The number of hydrogen-bond donors (Lipinski definition) is 0. The zero-order chi connectivity index (χ0) is 95.8. The number of para-hydroxylation sites is 9. The molecule has 19 aromatic carbocycles. The van der Waals surface area contributed by atoms with Gasteiger partial charge in [-0.05, 0) is 147 Å². The molecule has 11 heterocycles. The van der Waals surface area contributed by atoms with E-state index in [-0.39, 0.29) is 0 Å². The van der Waals surface area contributed by atoms with E-state index in [0.29, 0.717) is 5.65 Å². The van der Waals surface area contributed by atoms with E-state index < -0.39 is 0 Å². The molecule has 11 aromatic heterocycles. The van der Waals surface area contributed by atoms with Gasteiger partial charge in [-0.2, -0.15) is 0 Å². The normalized spacial score (nSPS) is 11.6. The average molecular weight is 1860 g/mol. The Balaban J connectivity index is 0.0000000961. The molecule has 0 unspecified atom stereocenters. The van der Waals surface area contributed by atoms with Gasteiger partial charge in [0.05, 0.1) is 79.3 Å². The maximum Gasteiger partial charge on any atom is 0.178 e. The third-order valence-corrected chi connectivity index (χ3v) is 27.1. The fraction of sp³-hybridized carbons (Fsp3) is 0. The van der Waals surface area contributed by atoms with Crippen molar-refractivity contribution in [3.63, 3.8) is 0 Å². The highest BCUT2D eigenvalue weighted by Crippen LogP contribution is 2.49. The quantitative estimate of drug-likeness (QED) is 0.119. The third kappa shape index (κ3) is 15.2. The Labute approximate surface area is 828 Å². The number of pyridine rings is 2. The van der Waals surface area contributed by atoms with Gasteiger partial charge < -0.3 is 22.1 Å². The van der Waals surface area contributed by atoms with E-state index in [2.05, 4.69) is 228 Å². The van der Waals surface area contributed by atoms with Crippen LogP contribution in [0.1, 0.15) is 0 Å². The van der Waals surface area contributed by atoms with Gasteiger partial charge >= 0.3 is 0 Å². The van der Waals surface area contributed by atoms with Gasteiger partial charge in [-0.25, -0.2) is 44.9 Å². The van der Waals surface area contributed by atoms with Gasteiger partial charge in [-0.3, -0.25) is 4.98 Å². The minimum Gasteiger partial charge on any atom is -0.456 e. The van der Waals surface area contributed by atoms with Crippen LogP contribution >= 0.6 is 0 Å². The standard InChI is InChI=1S/C36H22N2O.C32H18N2O2.2C31H19N3O/c1-2-11-23(12-3-1)24-21-22-27(26-14-5-4-13-25(24)26)35-36(38-31-18-8-7-17-30(31)37-35)29-16-10-20-33-34(29)28-15-6-9-19-32(28)39-33;1-5-15-25-19(9-1)29-21(11-7-17-27(29)35-25)31-32(34-24-14-4-3-13-23(24)33-31)22-12-8-18-28-30(22)20-10-2-6-16-26(20)36-28;1-2-8-21(9-3-1)30-29(33-25-12-7-19-32-31(25)34-30)22-17-15-20(16-18-22)23-11-6-14-27-28(23)24-10-4-5-13-26(24)35-27;1-2-7-21(8-3-1)30-31(33-25-17-18-32-19-26(25)34-30)22-15-13-20(14-16-22)23-10-6-12-28-29(23)24-9-4-5-11-27(24)35-28/h1-22H;1-18H;2*1-19H. The van der Waals surface area contributed by atoms with Crippen LogP contribution < -0.4 is 0 Å². The number of nitrogens with zero attached hydrogens (tertiary/aromatic N) is 10. The minimum atomic E-state index is 0.644. The molecule has 0 aliphatic carbocycles. The van der Waals surface area contributed by atoms with Crippen LogP contribution in [0.5, 0.6) is 0 Å². The summed E-state index contributed by atoms with van der Waals surface area (Å²) in [5.41, 5.74) is 37.0. The van der Waals surface area contributed by atoms with E-state index in [1.807, 2.05) is 237 Å². The summed E-state index contributed by atoms with van der Waals surface area (Å²) in [6.07, 6.45) is 5.26. The second-order valence-electron chi connectivity index (χ2n) is 35.7. The Morgan fingerprint density at radius 3 is 0.786 bits per heavy atom. The first kappa shape index (κ1) is 84.4. The first-order chi connectivity index (χ1) is 71.9. The molecule has 30 rings (SSSR count). The van der Waals surface area contributed by atoms with Gasteiger partial charge in [0, 0.05) is 111 Å². The van der Waals surface area contributed by atoms with Crippen LogP contribution in [0.4, 0.5) is 0 Å². The summed E-state index contributed by atoms with van der Waals surface area (Å²) in [6.45, 7) is 0. The first-order valence-corrected chi connectivity index (χ1v) is 48.1. The number of benzene rings is 19. The van der Waals surface area contributed by atoms with Crippen molar-refractivity contribution in [2.45, 2.75) is 0 Å². The average Bonchev–Trinajstić information content (AvgIpc) is 1.62. The number of furan rings is 5. The van der Waals surface area contributed by atoms with Gasteiger partial charge in [0.25, 0.3) is 0 Å². The summed E-state index contributed by atoms with van der Waals surface area (Å²) in [4.78, 5) is 49.3. The summed E-state index contributed by atoms with van der Waals surface area (Å²) < 4.78 is 30.8. The lowest BCUT2D eigenvalue weighted by molar-refractivity contribution is 0.668. The molecule has 0 radical (unpaired) electrons. The molecule has 0 aliphatic rings. The van der Waals surface area contributed by atoms with Gasteiger partial charge in [-0.15, -0.1) is 0 Å². The second kappa shape index (κ2) is 35.8. The van der Waals surface area contributed by atoms with E-state index in [1.54, 1.807) is 18.6 Å². The highest BCUT2D eigenvalue weighted by Gasteiger charge is 2.27. The van der Waals surface area contributed by atoms with Crippen LogP contribution in [0.3, 0.4) is 0 Å². The Bertz CT molecular complexity index is 9890. The molecule has 0 atom stereocenters. The molecular formula is C130H78N10O5. The molecule has 15 heteroatoms. The van der Waals surface area contributed by atoms with Crippen molar-refractivity contribution in [3.8, 4) is 123 Å². The molecule has 0 saturated carbocycles. The lowest BCUT2D eigenvalue weighted by Gasteiger charge is -2.15. The van der Waals surface area contributed by atoms with Crippen LogP contribution in [0.2, 0.25) is 0 Å². The summed E-state index contributed by atoms with van der Waals surface area (Å²) in [5, 5.41) is 13.2. The van der Waals surface area contributed by atoms with Gasteiger partial charge in [0.2, 0.25) is 0 Å². The Morgan fingerprint density at radius 1 is 0.138 bits per heavy atom. The Kier molecular flexibility index (Phi) is 20.9. The van der Waals surface area contributed by atoms with Crippen LogP contribution in [0.15, 0.2) is 496 Å².